The SMILES string of the molecule is Nc1cc(F)c(-c2c(Cl)ccc(N)c2F)c(Cl)c1. The third-order valence-electron chi connectivity index (χ3n) is 2.44. The summed E-state index contributed by atoms with van der Waals surface area (Å²) in [6.45, 7) is 0. The van der Waals surface area contributed by atoms with Gasteiger partial charge in [-0.05, 0) is 24.3 Å². The normalized spacial score (nSPS) is 10.7. The van der Waals surface area contributed by atoms with Crippen molar-refractivity contribution < 1.29 is 8.78 Å². The number of benzene rings is 2. The van der Waals surface area contributed by atoms with Crippen LogP contribution in [0.25, 0.3) is 11.1 Å². The van der Waals surface area contributed by atoms with Gasteiger partial charge in [-0.2, -0.15) is 0 Å². The van der Waals surface area contributed by atoms with Gasteiger partial charge in [-0.15, -0.1) is 0 Å². The Morgan fingerprint density at radius 1 is 0.889 bits per heavy atom. The lowest BCUT2D eigenvalue weighted by molar-refractivity contribution is 0.619. The first kappa shape index (κ1) is 12.9. The minimum atomic E-state index is -0.812. The molecule has 0 spiro atoms. The van der Waals surface area contributed by atoms with E-state index < -0.39 is 11.6 Å². The molecule has 0 bridgehead atoms. The molecule has 0 amide bonds. The molecule has 0 saturated carbocycles. The van der Waals surface area contributed by atoms with E-state index in [1.54, 1.807) is 0 Å². The molecule has 0 saturated heterocycles. The van der Waals surface area contributed by atoms with Crippen molar-refractivity contribution >= 4 is 34.6 Å². The lowest BCUT2D eigenvalue weighted by Gasteiger charge is -2.11. The molecule has 0 aliphatic rings. The van der Waals surface area contributed by atoms with Crippen molar-refractivity contribution in [3.63, 3.8) is 0 Å². The minimum Gasteiger partial charge on any atom is -0.399 e. The van der Waals surface area contributed by atoms with Gasteiger partial charge in [0.05, 0.1) is 15.7 Å². The Kier molecular flexibility index (Phi) is 3.32. The standard InChI is InChI=1S/C12H8Cl2F2N2/c13-6-1-2-9(18)12(16)11(6)10-7(14)3-5(17)4-8(10)15/h1-4H,17-18H2. The first-order valence-electron chi connectivity index (χ1n) is 4.90. The summed E-state index contributed by atoms with van der Waals surface area (Å²) in [6, 6.07) is 5.03. The maximum atomic E-state index is 13.9. The number of nitrogens with two attached hydrogens (primary N) is 2. The fraction of sp³-hybridized carbons (Fsp3) is 0. The molecule has 0 aromatic heterocycles. The molecule has 0 fully saturated rings. The van der Waals surface area contributed by atoms with Gasteiger partial charge >= 0.3 is 0 Å². The highest BCUT2D eigenvalue weighted by molar-refractivity contribution is 6.36. The number of nitrogen functional groups attached to an aromatic ring is 2. The quantitative estimate of drug-likeness (QED) is 0.776. The van der Waals surface area contributed by atoms with E-state index in [9.17, 15) is 8.78 Å². The molecule has 2 aromatic carbocycles. The summed E-state index contributed by atoms with van der Waals surface area (Å²) in [5.74, 6) is -1.57. The molecule has 4 N–H and O–H groups in total. The topological polar surface area (TPSA) is 52.0 Å². The highest BCUT2D eigenvalue weighted by Crippen LogP contribution is 2.39. The molecule has 6 heteroatoms. The first-order chi connectivity index (χ1) is 8.41. The third kappa shape index (κ3) is 2.09. The van der Waals surface area contributed by atoms with Gasteiger partial charge in [0, 0.05) is 16.8 Å². The smallest absolute Gasteiger partial charge is 0.155 e. The highest BCUT2D eigenvalue weighted by atomic mass is 35.5. The summed E-state index contributed by atoms with van der Waals surface area (Å²) in [5, 5.41) is -0.00817. The molecule has 0 radical (unpaired) electrons. The predicted molar refractivity (Wildman–Crippen MR) is 70.6 cm³/mol. The molecule has 0 unspecified atom stereocenters. The summed E-state index contributed by atoms with van der Waals surface area (Å²) in [4.78, 5) is 0. The van der Waals surface area contributed by atoms with Crippen molar-refractivity contribution in [3.05, 3.63) is 45.9 Å². The van der Waals surface area contributed by atoms with Crippen LogP contribution in [-0.2, 0) is 0 Å². The predicted octanol–water partition coefficient (Wildman–Crippen LogP) is 4.10. The van der Waals surface area contributed by atoms with Crippen LogP contribution in [0.4, 0.5) is 20.2 Å². The van der Waals surface area contributed by atoms with Gasteiger partial charge in [0.1, 0.15) is 5.82 Å². The highest BCUT2D eigenvalue weighted by Gasteiger charge is 2.19. The van der Waals surface area contributed by atoms with Crippen molar-refractivity contribution in [2.75, 3.05) is 11.5 Å². The van der Waals surface area contributed by atoms with Crippen LogP contribution in [-0.4, -0.2) is 0 Å². The van der Waals surface area contributed by atoms with Crippen molar-refractivity contribution in [1.82, 2.24) is 0 Å². The molecular weight excluding hydrogens is 281 g/mol. The van der Waals surface area contributed by atoms with Crippen molar-refractivity contribution in [1.29, 1.82) is 0 Å². The third-order valence-corrected chi connectivity index (χ3v) is 3.05. The zero-order valence-corrected chi connectivity index (χ0v) is 10.5. The van der Waals surface area contributed by atoms with E-state index in [2.05, 4.69) is 0 Å². The molecule has 0 aliphatic heterocycles. The van der Waals surface area contributed by atoms with Crippen LogP contribution in [0.3, 0.4) is 0 Å². The van der Waals surface area contributed by atoms with Crippen LogP contribution in [0.15, 0.2) is 24.3 Å². The van der Waals surface area contributed by atoms with E-state index in [1.165, 1.54) is 18.2 Å². The Labute approximate surface area is 112 Å². The lowest BCUT2D eigenvalue weighted by atomic mass is 10.0. The van der Waals surface area contributed by atoms with Gasteiger partial charge < -0.3 is 11.5 Å². The Morgan fingerprint density at radius 3 is 2.17 bits per heavy atom. The lowest BCUT2D eigenvalue weighted by Crippen LogP contribution is -1.98. The van der Waals surface area contributed by atoms with Crippen LogP contribution < -0.4 is 11.5 Å². The molecule has 0 atom stereocenters. The fourth-order valence-corrected chi connectivity index (χ4v) is 2.18. The zero-order chi connectivity index (χ0) is 13.4. The summed E-state index contributed by atoms with van der Waals surface area (Å²) in [7, 11) is 0. The van der Waals surface area contributed by atoms with E-state index >= 15 is 0 Å². The average Bonchev–Trinajstić information content (AvgIpc) is 2.27. The van der Waals surface area contributed by atoms with Gasteiger partial charge in [-0.1, -0.05) is 23.2 Å². The number of anilines is 2. The summed E-state index contributed by atoms with van der Waals surface area (Å²) >= 11 is 11.7. The molecular formula is C12H8Cl2F2N2. The van der Waals surface area contributed by atoms with E-state index in [1.807, 2.05) is 0 Å². The van der Waals surface area contributed by atoms with Gasteiger partial charge in [0.25, 0.3) is 0 Å². The summed E-state index contributed by atoms with van der Waals surface area (Å²) < 4.78 is 27.8. The maximum absolute atomic E-state index is 13.9. The van der Waals surface area contributed by atoms with E-state index in [4.69, 9.17) is 34.7 Å². The maximum Gasteiger partial charge on any atom is 0.155 e. The fourth-order valence-electron chi connectivity index (χ4n) is 1.63. The molecule has 2 rings (SSSR count). The first-order valence-corrected chi connectivity index (χ1v) is 5.65. The number of hydrogen-bond acceptors (Lipinski definition) is 2. The zero-order valence-electron chi connectivity index (χ0n) is 8.98. The Morgan fingerprint density at radius 2 is 1.56 bits per heavy atom. The Balaban J connectivity index is 2.81. The van der Waals surface area contributed by atoms with Crippen LogP contribution in [0.2, 0.25) is 10.0 Å². The molecule has 0 aliphatic carbocycles. The monoisotopic (exact) mass is 288 g/mol. The Bertz CT molecular complexity index is 607. The Hall–Kier alpha value is -1.52. The van der Waals surface area contributed by atoms with Gasteiger partial charge in [-0.25, -0.2) is 8.78 Å². The molecule has 2 nitrogen and oxygen atoms in total. The summed E-state index contributed by atoms with van der Waals surface area (Å²) in [6.07, 6.45) is 0. The number of hydrogen-bond donors (Lipinski definition) is 2. The van der Waals surface area contributed by atoms with Crippen molar-refractivity contribution in [2.24, 2.45) is 0 Å². The average molecular weight is 289 g/mol. The second kappa shape index (κ2) is 4.63. The van der Waals surface area contributed by atoms with E-state index in [0.29, 0.717) is 0 Å². The molecule has 0 heterocycles. The molecule has 94 valence electrons. The number of halogens is 4. The van der Waals surface area contributed by atoms with Crippen LogP contribution in [0, 0.1) is 11.6 Å². The largest absolute Gasteiger partial charge is 0.399 e. The van der Waals surface area contributed by atoms with Crippen LogP contribution >= 0.6 is 23.2 Å². The molecule has 18 heavy (non-hydrogen) atoms. The second-order valence-electron chi connectivity index (χ2n) is 3.69. The second-order valence-corrected chi connectivity index (χ2v) is 4.50. The van der Waals surface area contributed by atoms with Gasteiger partial charge in [0.15, 0.2) is 5.82 Å². The van der Waals surface area contributed by atoms with Crippen LogP contribution in [0.5, 0.6) is 0 Å². The van der Waals surface area contributed by atoms with Crippen molar-refractivity contribution in [2.45, 2.75) is 0 Å². The van der Waals surface area contributed by atoms with Crippen LogP contribution in [0.1, 0.15) is 0 Å². The summed E-state index contributed by atoms with van der Waals surface area (Å²) in [5.41, 5.74) is 10.6. The van der Waals surface area contributed by atoms with Gasteiger partial charge in [0.2, 0.25) is 0 Å². The van der Waals surface area contributed by atoms with E-state index in [-0.39, 0.29) is 32.5 Å². The van der Waals surface area contributed by atoms with Gasteiger partial charge in [-0.3, -0.25) is 0 Å². The van der Waals surface area contributed by atoms with E-state index in [0.717, 1.165) is 6.07 Å². The molecule has 2 aromatic rings. The minimum absolute atomic E-state index is 0.0206. The van der Waals surface area contributed by atoms with Crippen molar-refractivity contribution in [3.8, 4) is 11.1 Å². The number of rotatable bonds is 1.